The summed E-state index contributed by atoms with van der Waals surface area (Å²) in [6.07, 6.45) is 0. The molecule has 0 amide bonds. The first-order valence-electron chi connectivity index (χ1n) is 1.32. The Labute approximate surface area is 66.2 Å². The van der Waals surface area contributed by atoms with E-state index in [-0.39, 0.29) is 42.5 Å². The van der Waals surface area contributed by atoms with Crippen molar-refractivity contribution >= 4 is 5.97 Å². The van der Waals surface area contributed by atoms with Gasteiger partial charge in [0.05, 0.1) is 7.11 Å². The van der Waals surface area contributed by atoms with Crippen molar-refractivity contribution in [1.29, 1.82) is 0 Å². The van der Waals surface area contributed by atoms with Gasteiger partial charge in [0.2, 0.25) is 0 Å². The minimum Gasteiger partial charge on any atom is -0.469 e. The van der Waals surface area contributed by atoms with Crippen LogP contribution in [0.1, 0.15) is 6.92 Å². The minimum atomic E-state index is -0.245. The Morgan fingerprint density at radius 1 is 1.57 bits per heavy atom. The molecule has 0 unspecified atom stereocenters. The fraction of sp³-hybridized carbons (Fsp3) is 0.667. The average Bonchev–Trinajstić information content (AvgIpc) is 1.38. The molecule has 0 bridgehead atoms. The van der Waals surface area contributed by atoms with Crippen molar-refractivity contribution in [3.63, 3.8) is 0 Å². The summed E-state index contributed by atoms with van der Waals surface area (Å²) in [5, 5.41) is 0. The fourth-order valence-corrected chi connectivity index (χ4v) is 0. The van der Waals surface area contributed by atoms with E-state index in [1.165, 1.54) is 14.0 Å². The molecule has 7 heavy (non-hydrogen) atoms. The zero-order valence-electron chi connectivity index (χ0n) is 4.40. The largest absolute Gasteiger partial charge is 0.469 e. The van der Waals surface area contributed by atoms with Gasteiger partial charge in [-0.1, -0.05) is 0 Å². The van der Waals surface area contributed by atoms with Gasteiger partial charge in [-0.2, -0.15) is 0 Å². The summed E-state index contributed by atoms with van der Waals surface area (Å²) in [7, 11) is 1.35. The van der Waals surface area contributed by atoms with Crippen molar-refractivity contribution in [1.82, 2.24) is 0 Å². The predicted molar refractivity (Wildman–Crippen MR) is 17.7 cm³/mol. The van der Waals surface area contributed by atoms with E-state index in [0.29, 0.717) is 0 Å². The van der Waals surface area contributed by atoms with Crippen molar-refractivity contribution in [2.45, 2.75) is 6.92 Å². The summed E-state index contributed by atoms with van der Waals surface area (Å²) in [5.74, 6) is -0.245. The zero-order chi connectivity index (χ0) is 4.28. The van der Waals surface area contributed by atoms with Crippen LogP contribution < -0.4 is 0 Å². The quantitative estimate of drug-likeness (QED) is 0.406. The minimum absolute atomic E-state index is 0. The standard InChI is InChI=1S/C3H6O2.Mn.Zn/c1-3(4)5-2;;/h1-2H3;;. The molecule has 1 radical (unpaired) electrons. The van der Waals surface area contributed by atoms with Gasteiger partial charge in [0.25, 0.3) is 0 Å². The Bertz CT molecular complexity index is 48.2. The Balaban J connectivity index is -0.0000000800. The number of methoxy groups -OCH3 is 1. The number of rotatable bonds is 0. The maximum Gasteiger partial charge on any atom is 0.302 e. The second-order valence-electron chi connectivity index (χ2n) is 0.696. The summed E-state index contributed by atoms with van der Waals surface area (Å²) in [6.45, 7) is 1.36. The first-order chi connectivity index (χ1) is 2.27. The van der Waals surface area contributed by atoms with Crippen LogP contribution in [0.25, 0.3) is 0 Å². The average molecular weight is 194 g/mol. The number of hydrogen-bond donors (Lipinski definition) is 0. The summed E-state index contributed by atoms with van der Waals surface area (Å²) in [4.78, 5) is 9.59. The predicted octanol–water partition coefficient (Wildman–Crippen LogP) is 0.174. The Morgan fingerprint density at radius 3 is 1.71 bits per heavy atom. The molecule has 39 valence electrons. The molecule has 0 aromatic heterocycles. The van der Waals surface area contributed by atoms with Crippen molar-refractivity contribution < 1.29 is 46.1 Å². The first kappa shape index (κ1) is 15.6. The van der Waals surface area contributed by atoms with Gasteiger partial charge in [0, 0.05) is 43.5 Å². The first-order valence-corrected chi connectivity index (χ1v) is 1.32. The fourth-order valence-electron chi connectivity index (χ4n) is 0. The van der Waals surface area contributed by atoms with E-state index in [1.807, 2.05) is 0 Å². The van der Waals surface area contributed by atoms with Crippen molar-refractivity contribution in [2.75, 3.05) is 7.11 Å². The zero-order valence-corrected chi connectivity index (χ0v) is 8.55. The van der Waals surface area contributed by atoms with E-state index in [4.69, 9.17) is 0 Å². The van der Waals surface area contributed by atoms with Crippen molar-refractivity contribution in [3.8, 4) is 0 Å². The molecule has 0 aromatic carbocycles. The molecule has 0 heterocycles. The van der Waals surface area contributed by atoms with Crippen LogP contribution in [0, 0.1) is 0 Å². The van der Waals surface area contributed by atoms with E-state index in [0.717, 1.165) is 0 Å². The summed E-state index contributed by atoms with van der Waals surface area (Å²) >= 11 is 0. The molecule has 0 saturated carbocycles. The molecule has 0 aliphatic carbocycles. The van der Waals surface area contributed by atoms with Gasteiger partial charge >= 0.3 is 5.97 Å². The van der Waals surface area contributed by atoms with Gasteiger partial charge in [0.1, 0.15) is 0 Å². The van der Waals surface area contributed by atoms with Gasteiger partial charge in [-0.25, -0.2) is 0 Å². The number of esters is 1. The van der Waals surface area contributed by atoms with Crippen LogP contribution in [0.3, 0.4) is 0 Å². The topological polar surface area (TPSA) is 26.3 Å². The number of carbonyl (C=O) groups is 1. The maximum absolute atomic E-state index is 9.59. The monoisotopic (exact) mass is 193 g/mol. The Morgan fingerprint density at radius 2 is 1.71 bits per heavy atom. The van der Waals surface area contributed by atoms with Crippen LogP contribution >= 0.6 is 0 Å². The molecule has 0 aromatic rings. The molecule has 2 nitrogen and oxygen atoms in total. The number of carbonyl (C=O) groups excluding carboxylic acids is 1. The molecule has 0 fully saturated rings. The molecular formula is C3H6MnO2Zn. The summed E-state index contributed by atoms with van der Waals surface area (Å²) in [6, 6.07) is 0. The third-order valence-electron chi connectivity index (χ3n) is 0.287. The van der Waals surface area contributed by atoms with Crippen molar-refractivity contribution in [2.24, 2.45) is 0 Å². The van der Waals surface area contributed by atoms with Crippen LogP contribution in [0.2, 0.25) is 0 Å². The van der Waals surface area contributed by atoms with E-state index < -0.39 is 0 Å². The van der Waals surface area contributed by atoms with Gasteiger partial charge in [-0.05, 0) is 0 Å². The van der Waals surface area contributed by atoms with Crippen LogP contribution in [-0.4, -0.2) is 13.1 Å². The van der Waals surface area contributed by atoms with Gasteiger partial charge in [0.15, 0.2) is 0 Å². The summed E-state index contributed by atoms with van der Waals surface area (Å²) < 4.78 is 4.11. The second kappa shape index (κ2) is 9.79. The molecule has 0 atom stereocenters. The molecule has 4 heteroatoms. The van der Waals surface area contributed by atoms with E-state index >= 15 is 0 Å². The molecule has 0 spiro atoms. The molecule has 0 rings (SSSR count). The van der Waals surface area contributed by atoms with Crippen LogP contribution in [0.4, 0.5) is 0 Å². The number of ether oxygens (including phenoxy) is 1. The van der Waals surface area contributed by atoms with E-state index in [1.54, 1.807) is 0 Å². The molecule has 0 N–H and O–H groups in total. The normalized spacial score (nSPS) is 4.86. The molecule has 0 aliphatic heterocycles. The number of hydrogen-bond acceptors (Lipinski definition) is 2. The summed E-state index contributed by atoms with van der Waals surface area (Å²) in [5.41, 5.74) is 0. The second-order valence-corrected chi connectivity index (χ2v) is 0.696. The smallest absolute Gasteiger partial charge is 0.302 e. The van der Waals surface area contributed by atoms with Gasteiger partial charge < -0.3 is 4.74 Å². The van der Waals surface area contributed by atoms with E-state index in [2.05, 4.69) is 4.74 Å². The Hall–Kier alpha value is 0.613. The van der Waals surface area contributed by atoms with Crippen LogP contribution in [-0.2, 0) is 46.1 Å². The third kappa shape index (κ3) is 20.6. The van der Waals surface area contributed by atoms with Crippen molar-refractivity contribution in [3.05, 3.63) is 0 Å². The van der Waals surface area contributed by atoms with Crippen LogP contribution in [0.15, 0.2) is 0 Å². The molecule has 0 saturated heterocycles. The maximum atomic E-state index is 9.59. The van der Waals surface area contributed by atoms with Gasteiger partial charge in [-0.15, -0.1) is 0 Å². The van der Waals surface area contributed by atoms with E-state index in [9.17, 15) is 4.79 Å². The van der Waals surface area contributed by atoms with Crippen LogP contribution in [0.5, 0.6) is 0 Å². The van der Waals surface area contributed by atoms with Gasteiger partial charge in [-0.3, -0.25) is 4.79 Å². The Kier molecular flexibility index (Phi) is 21.9. The third-order valence-corrected chi connectivity index (χ3v) is 0.287. The SMILES string of the molecule is COC(C)=O.[Mn].[Zn]. The molecular weight excluding hydrogens is 188 g/mol. The molecule has 0 aliphatic rings.